The maximum absolute atomic E-state index is 12.3. The molecule has 0 aliphatic carbocycles. The van der Waals surface area contributed by atoms with Crippen LogP contribution in [0.4, 0.5) is 0 Å². The van der Waals surface area contributed by atoms with Crippen LogP contribution in [0.3, 0.4) is 0 Å². The summed E-state index contributed by atoms with van der Waals surface area (Å²) >= 11 is 0. The normalized spacial score (nSPS) is 24.3. The predicted octanol–water partition coefficient (Wildman–Crippen LogP) is -1.65. The number of ether oxygens (including phenoxy) is 1. The second kappa shape index (κ2) is 7.38. The lowest BCUT2D eigenvalue weighted by Gasteiger charge is -2.46. The number of morpholine rings is 1. The summed E-state index contributed by atoms with van der Waals surface area (Å²) in [4.78, 5) is 38.6. The van der Waals surface area contributed by atoms with Crippen molar-refractivity contribution in [2.75, 3.05) is 32.8 Å². The van der Waals surface area contributed by atoms with Crippen LogP contribution in [0.5, 0.6) is 0 Å². The van der Waals surface area contributed by atoms with Gasteiger partial charge in [-0.3, -0.25) is 19.5 Å². The monoisotopic (exact) mass is 327 g/mol. The fourth-order valence-electron chi connectivity index (χ4n) is 2.90. The number of carboxylic acid groups (broad SMARTS) is 1. The molecule has 2 saturated heterocycles. The summed E-state index contributed by atoms with van der Waals surface area (Å²) in [5.41, 5.74) is -0.374. The number of nitrogens with one attached hydrogen (secondary N) is 1. The molecule has 2 fully saturated rings. The Morgan fingerprint density at radius 2 is 2.13 bits per heavy atom. The fraction of sp³-hybridized carbons (Fsp3) is 0.692. The lowest BCUT2D eigenvalue weighted by atomic mass is 10.1. The van der Waals surface area contributed by atoms with Crippen molar-refractivity contribution in [3.8, 4) is 0 Å². The first-order valence-corrected chi connectivity index (χ1v) is 7.31. The van der Waals surface area contributed by atoms with Gasteiger partial charge >= 0.3 is 5.69 Å². The predicted molar refractivity (Wildman–Crippen MR) is 79.2 cm³/mol. The molecule has 2 aliphatic rings. The van der Waals surface area contributed by atoms with Crippen molar-refractivity contribution in [1.82, 2.24) is 24.6 Å². The van der Waals surface area contributed by atoms with Crippen molar-refractivity contribution >= 4 is 12.4 Å². The highest BCUT2D eigenvalue weighted by molar-refractivity contribution is 5.90. The molecule has 0 bridgehead atoms. The van der Waals surface area contributed by atoms with Gasteiger partial charge in [0.2, 0.25) is 5.82 Å². The molecule has 0 unspecified atom stereocenters. The summed E-state index contributed by atoms with van der Waals surface area (Å²) in [5.74, 6) is -0.115. The SMILES string of the molecule is C[C@H]1COC[C@H]2CN(C(=O)c3nn(C)c(=O)[nH]3)CCN21.O=CO. The van der Waals surface area contributed by atoms with Crippen LogP contribution < -0.4 is 5.69 Å². The molecule has 10 nitrogen and oxygen atoms in total. The number of carbonyl (C=O) groups is 2. The van der Waals surface area contributed by atoms with E-state index in [4.69, 9.17) is 14.6 Å². The summed E-state index contributed by atoms with van der Waals surface area (Å²) in [6.45, 7) is 5.38. The molecule has 1 aromatic rings. The quantitative estimate of drug-likeness (QED) is 0.593. The summed E-state index contributed by atoms with van der Waals surface area (Å²) in [6.07, 6.45) is 0. The van der Waals surface area contributed by atoms with Gasteiger partial charge in [-0.15, -0.1) is 5.10 Å². The van der Waals surface area contributed by atoms with Gasteiger partial charge in [-0.05, 0) is 6.92 Å². The number of H-pyrrole nitrogens is 1. The zero-order valence-electron chi connectivity index (χ0n) is 13.1. The minimum absolute atomic E-state index is 0.107. The van der Waals surface area contributed by atoms with Crippen LogP contribution in [-0.4, -0.2) is 87.0 Å². The molecule has 0 saturated carbocycles. The van der Waals surface area contributed by atoms with E-state index in [0.717, 1.165) is 17.8 Å². The van der Waals surface area contributed by atoms with Crippen molar-refractivity contribution in [1.29, 1.82) is 0 Å². The van der Waals surface area contributed by atoms with Gasteiger partial charge < -0.3 is 14.7 Å². The smallest absolute Gasteiger partial charge is 0.343 e. The van der Waals surface area contributed by atoms with Crippen LogP contribution in [0.15, 0.2) is 4.79 Å². The highest BCUT2D eigenvalue weighted by atomic mass is 16.5. The molecule has 0 radical (unpaired) electrons. The third kappa shape index (κ3) is 3.77. The van der Waals surface area contributed by atoms with Crippen LogP contribution in [-0.2, 0) is 16.6 Å². The molecule has 128 valence electrons. The Bertz CT molecular complexity index is 612. The van der Waals surface area contributed by atoms with Gasteiger partial charge in [0.15, 0.2) is 0 Å². The van der Waals surface area contributed by atoms with E-state index in [1.807, 2.05) is 0 Å². The number of aromatic nitrogens is 3. The van der Waals surface area contributed by atoms with E-state index in [9.17, 15) is 9.59 Å². The van der Waals surface area contributed by atoms with Crippen LogP contribution in [0, 0.1) is 0 Å². The Labute approximate surface area is 132 Å². The second-order valence-electron chi connectivity index (χ2n) is 5.54. The first kappa shape index (κ1) is 17.2. The Morgan fingerprint density at radius 1 is 1.43 bits per heavy atom. The number of piperazine rings is 1. The number of nitrogens with zero attached hydrogens (tertiary/aromatic N) is 4. The molecule has 0 spiro atoms. The maximum atomic E-state index is 12.3. The molecule has 0 aromatic carbocycles. The number of hydrogen-bond donors (Lipinski definition) is 2. The van der Waals surface area contributed by atoms with Crippen LogP contribution in [0.2, 0.25) is 0 Å². The van der Waals surface area contributed by atoms with E-state index >= 15 is 0 Å². The molecule has 23 heavy (non-hydrogen) atoms. The molecule has 3 heterocycles. The molecule has 1 amide bonds. The Balaban J connectivity index is 0.000000595. The topological polar surface area (TPSA) is 121 Å². The van der Waals surface area contributed by atoms with Gasteiger partial charge in [0.05, 0.1) is 19.3 Å². The largest absolute Gasteiger partial charge is 0.483 e. The van der Waals surface area contributed by atoms with Gasteiger partial charge in [-0.1, -0.05) is 0 Å². The van der Waals surface area contributed by atoms with E-state index in [-0.39, 0.29) is 29.9 Å². The number of carbonyl (C=O) groups excluding carboxylic acids is 1. The first-order valence-electron chi connectivity index (χ1n) is 7.31. The minimum atomic E-state index is -0.374. The number of aryl methyl sites for hydroxylation is 1. The molecular weight excluding hydrogens is 306 g/mol. The summed E-state index contributed by atoms with van der Waals surface area (Å²) in [7, 11) is 1.52. The van der Waals surface area contributed by atoms with Crippen LogP contribution in [0.25, 0.3) is 0 Å². The van der Waals surface area contributed by atoms with Gasteiger partial charge in [-0.2, -0.15) is 0 Å². The zero-order chi connectivity index (χ0) is 17.0. The number of fused-ring (bicyclic) bond motifs is 1. The molecule has 2 atom stereocenters. The zero-order valence-corrected chi connectivity index (χ0v) is 13.1. The number of rotatable bonds is 1. The minimum Gasteiger partial charge on any atom is -0.483 e. The lowest BCUT2D eigenvalue weighted by molar-refractivity contribution is -0.122. The van der Waals surface area contributed by atoms with Gasteiger partial charge in [-0.25, -0.2) is 9.48 Å². The standard InChI is InChI=1S/C12H19N5O3.CH2O2/c1-8-6-20-7-9-5-16(3-4-17(8)9)11(18)10-13-12(19)15(2)14-10;2-1-3/h8-9H,3-7H2,1-2H3,(H,13,14,19);1H,(H,2,3)/t8-,9+;/m0./s1. The molecule has 10 heteroatoms. The summed E-state index contributed by atoms with van der Waals surface area (Å²) in [6, 6.07) is 0.618. The average molecular weight is 327 g/mol. The highest BCUT2D eigenvalue weighted by Gasteiger charge is 2.36. The molecule has 1 aromatic heterocycles. The van der Waals surface area contributed by atoms with E-state index in [1.54, 1.807) is 4.90 Å². The number of hydrogen-bond acceptors (Lipinski definition) is 6. The summed E-state index contributed by atoms with van der Waals surface area (Å²) < 4.78 is 6.69. The Morgan fingerprint density at radius 3 is 2.74 bits per heavy atom. The Hall–Kier alpha value is -2.20. The average Bonchev–Trinajstić information content (AvgIpc) is 2.87. The second-order valence-corrected chi connectivity index (χ2v) is 5.54. The van der Waals surface area contributed by atoms with Crippen LogP contribution >= 0.6 is 0 Å². The van der Waals surface area contributed by atoms with E-state index in [0.29, 0.717) is 25.7 Å². The van der Waals surface area contributed by atoms with E-state index in [1.165, 1.54) is 7.05 Å². The molecule has 3 rings (SSSR count). The first-order chi connectivity index (χ1) is 11.0. The molecule has 2 N–H and O–H groups in total. The summed E-state index contributed by atoms with van der Waals surface area (Å²) in [5, 5.41) is 10.8. The van der Waals surface area contributed by atoms with Gasteiger partial charge in [0, 0.05) is 32.7 Å². The van der Waals surface area contributed by atoms with Gasteiger partial charge in [0.25, 0.3) is 12.4 Å². The number of amides is 1. The van der Waals surface area contributed by atoms with E-state index < -0.39 is 0 Å². The fourth-order valence-corrected chi connectivity index (χ4v) is 2.90. The number of aromatic amines is 1. The van der Waals surface area contributed by atoms with Crippen molar-refractivity contribution in [2.45, 2.75) is 19.0 Å². The highest BCUT2D eigenvalue weighted by Crippen LogP contribution is 2.19. The van der Waals surface area contributed by atoms with Crippen molar-refractivity contribution in [3.05, 3.63) is 16.3 Å². The van der Waals surface area contributed by atoms with Gasteiger partial charge in [0.1, 0.15) is 0 Å². The van der Waals surface area contributed by atoms with Crippen molar-refractivity contribution in [3.63, 3.8) is 0 Å². The molecule has 2 aliphatic heterocycles. The lowest BCUT2D eigenvalue weighted by Crippen LogP contribution is -2.62. The third-order valence-corrected chi connectivity index (χ3v) is 4.02. The van der Waals surface area contributed by atoms with E-state index in [2.05, 4.69) is 21.9 Å². The van der Waals surface area contributed by atoms with Crippen LogP contribution in [0.1, 0.15) is 17.5 Å². The van der Waals surface area contributed by atoms with Crippen molar-refractivity contribution in [2.24, 2.45) is 7.05 Å². The Kier molecular flexibility index (Phi) is 5.50. The van der Waals surface area contributed by atoms with Crippen molar-refractivity contribution < 1.29 is 19.4 Å². The maximum Gasteiger partial charge on any atom is 0.343 e. The third-order valence-electron chi connectivity index (χ3n) is 4.02. The molecular formula is C13H21N5O5.